The molecule has 20 heavy (non-hydrogen) atoms. The third-order valence-corrected chi connectivity index (χ3v) is 4.98. The van der Waals surface area contributed by atoms with Crippen molar-refractivity contribution in [1.82, 2.24) is 19.8 Å². The van der Waals surface area contributed by atoms with Crippen LogP contribution in [0.3, 0.4) is 0 Å². The molecule has 0 radical (unpaired) electrons. The quantitative estimate of drug-likeness (QED) is 0.891. The molecule has 4 heteroatoms. The van der Waals surface area contributed by atoms with Gasteiger partial charge in [0.1, 0.15) is 0 Å². The van der Waals surface area contributed by atoms with Crippen LogP contribution in [-0.4, -0.2) is 47.2 Å². The van der Waals surface area contributed by atoms with E-state index >= 15 is 0 Å². The zero-order valence-corrected chi connectivity index (χ0v) is 12.9. The Morgan fingerprint density at radius 2 is 2.15 bits per heavy atom. The Hall–Kier alpha value is -0.870. The predicted molar refractivity (Wildman–Crippen MR) is 81.9 cm³/mol. The third kappa shape index (κ3) is 2.91. The monoisotopic (exact) mass is 276 g/mol. The largest absolute Gasteiger partial charge is 0.334 e. The Bertz CT molecular complexity index is 427. The minimum atomic E-state index is 0.268. The van der Waals surface area contributed by atoms with Gasteiger partial charge >= 0.3 is 0 Å². The Morgan fingerprint density at radius 1 is 1.35 bits per heavy atom. The maximum absolute atomic E-state index is 4.42. The summed E-state index contributed by atoms with van der Waals surface area (Å²) in [4.78, 5) is 7.03. The van der Waals surface area contributed by atoms with Gasteiger partial charge in [0, 0.05) is 36.9 Å². The van der Waals surface area contributed by atoms with E-state index in [1.807, 2.05) is 6.33 Å². The summed E-state index contributed by atoms with van der Waals surface area (Å²) >= 11 is 0. The van der Waals surface area contributed by atoms with E-state index in [9.17, 15) is 0 Å². The molecule has 0 aromatic carbocycles. The Morgan fingerprint density at radius 3 is 2.85 bits per heavy atom. The summed E-state index contributed by atoms with van der Waals surface area (Å²) in [6.45, 7) is 11.9. The van der Waals surface area contributed by atoms with Crippen LogP contribution in [0, 0.1) is 5.92 Å². The van der Waals surface area contributed by atoms with E-state index in [1.165, 1.54) is 44.6 Å². The molecule has 4 nitrogen and oxygen atoms in total. The molecule has 1 N–H and O–H groups in total. The molecule has 2 aliphatic heterocycles. The molecule has 2 saturated heterocycles. The zero-order chi connectivity index (χ0) is 14.0. The lowest BCUT2D eigenvalue weighted by molar-refractivity contribution is 0.268. The SMILES string of the molecule is CC(CN1CCCC1)Cn1cncc1C1(C)CCNC1. The molecule has 0 aliphatic carbocycles. The van der Waals surface area contributed by atoms with Crippen LogP contribution in [0.1, 0.15) is 38.8 Å². The van der Waals surface area contributed by atoms with Gasteiger partial charge in [-0.2, -0.15) is 0 Å². The molecule has 1 aromatic rings. The Balaban J connectivity index is 1.64. The molecule has 0 amide bonds. The normalized spacial score (nSPS) is 29.1. The van der Waals surface area contributed by atoms with Gasteiger partial charge in [-0.15, -0.1) is 0 Å². The number of hydrogen-bond acceptors (Lipinski definition) is 3. The van der Waals surface area contributed by atoms with Crippen molar-refractivity contribution in [2.24, 2.45) is 5.92 Å². The standard InChI is InChI=1S/C16H28N4/c1-14(10-19-7-3-4-8-19)11-20-13-18-9-15(20)16(2)5-6-17-12-16/h9,13-14,17H,3-8,10-12H2,1-2H3. The molecule has 3 heterocycles. The second-order valence-electron chi connectivity index (χ2n) is 7.03. The summed E-state index contributed by atoms with van der Waals surface area (Å²) < 4.78 is 2.40. The summed E-state index contributed by atoms with van der Waals surface area (Å²) in [5.74, 6) is 0.694. The summed E-state index contributed by atoms with van der Waals surface area (Å²) in [7, 11) is 0. The highest BCUT2D eigenvalue weighted by Crippen LogP contribution is 2.30. The smallest absolute Gasteiger partial charge is 0.0948 e. The number of nitrogens with one attached hydrogen (secondary N) is 1. The second-order valence-corrected chi connectivity index (χ2v) is 7.03. The summed E-state index contributed by atoms with van der Waals surface area (Å²) in [5.41, 5.74) is 1.68. The van der Waals surface area contributed by atoms with Crippen LogP contribution in [0.2, 0.25) is 0 Å². The molecule has 2 unspecified atom stereocenters. The van der Waals surface area contributed by atoms with Crippen molar-refractivity contribution in [1.29, 1.82) is 0 Å². The van der Waals surface area contributed by atoms with Crippen molar-refractivity contribution in [2.45, 2.75) is 45.1 Å². The molecule has 2 aliphatic rings. The van der Waals surface area contributed by atoms with Gasteiger partial charge in [0.25, 0.3) is 0 Å². The number of imidazole rings is 1. The van der Waals surface area contributed by atoms with Crippen LogP contribution in [-0.2, 0) is 12.0 Å². The number of rotatable bonds is 5. The van der Waals surface area contributed by atoms with E-state index < -0.39 is 0 Å². The number of nitrogens with zero attached hydrogens (tertiary/aromatic N) is 3. The van der Waals surface area contributed by atoms with Crippen molar-refractivity contribution < 1.29 is 0 Å². The lowest BCUT2D eigenvalue weighted by Gasteiger charge is -2.27. The first-order chi connectivity index (χ1) is 9.67. The van der Waals surface area contributed by atoms with E-state index in [0.717, 1.165) is 19.6 Å². The molecule has 0 saturated carbocycles. The first kappa shape index (κ1) is 14.1. The van der Waals surface area contributed by atoms with Crippen molar-refractivity contribution in [3.8, 4) is 0 Å². The Labute approximate surface area is 122 Å². The average molecular weight is 276 g/mol. The minimum absolute atomic E-state index is 0.268. The van der Waals surface area contributed by atoms with Crippen LogP contribution < -0.4 is 5.32 Å². The fourth-order valence-electron chi connectivity index (χ4n) is 3.80. The van der Waals surface area contributed by atoms with Gasteiger partial charge < -0.3 is 14.8 Å². The summed E-state index contributed by atoms with van der Waals surface area (Å²) in [6, 6.07) is 0. The van der Waals surface area contributed by atoms with E-state index in [4.69, 9.17) is 0 Å². The van der Waals surface area contributed by atoms with Gasteiger partial charge in [0.2, 0.25) is 0 Å². The van der Waals surface area contributed by atoms with Crippen molar-refractivity contribution in [3.63, 3.8) is 0 Å². The molecular weight excluding hydrogens is 248 g/mol. The second kappa shape index (κ2) is 5.86. The fourth-order valence-corrected chi connectivity index (χ4v) is 3.80. The van der Waals surface area contributed by atoms with Gasteiger partial charge in [-0.1, -0.05) is 13.8 Å². The van der Waals surface area contributed by atoms with Crippen LogP contribution in [0.25, 0.3) is 0 Å². The first-order valence-electron chi connectivity index (χ1n) is 8.11. The number of hydrogen-bond donors (Lipinski definition) is 1. The molecule has 2 atom stereocenters. The van der Waals surface area contributed by atoms with Crippen LogP contribution in [0.5, 0.6) is 0 Å². The lowest BCUT2D eigenvalue weighted by Crippen LogP contribution is -2.31. The molecular formula is C16H28N4. The predicted octanol–water partition coefficient (Wildman–Crippen LogP) is 1.87. The highest BCUT2D eigenvalue weighted by molar-refractivity contribution is 5.17. The van der Waals surface area contributed by atoms with Gasteiger partial charge in [-0.3, -0.25) is 0 Å². The topological polar surface area (TPSA) is 33.1 Å². The third-order valence-electron chi connectivity index (χ3n) is 4.98. The first-order valence-corrected chi connectivity index (χ1v) is 8.11. The van der Waals surface area contributed by atoms with Crippen molar-refractivity contribution in [3.05, 3.63) is 18.2 Å². The molecule has 112 valence electrons. The van der Waals surface area contributed by atoms with E-state index in [-0.39, 0.29) is 5.41 Å². The number of likely N-dealkylation sites (tertiary alicyclic amines) is 1. The maximum atomic E-state index is 4.42. The molecule has 0 spiro atoms. The van der Waals surface area contributed by atoms with Crippen molar-refractivity contribution in [2.75, 3.05) is 32.7 Å². The molecule has 3 rings (SSSR count). The lowest BCUT2D eigenvalue weighted by atomic mass is 9.86. The van der Waals surface area contributed by atoms with E-state index in [0.29, 0.717) is 5.92 Å². The number of aromatic nitrogens is 2. The van der Waals surface area contributed by atoms with Gasteiger partial charge in [0.15, 0.2) is 0 Å². The molecule has 0 bridgehead atoms. The van der Waals surface area contributed by atoms with Crippen LogP contribution in [0.4, 0.5) is 0 Å². The van der Waals surface area contributed by atoms with Gasteiger partial charge in [-0.25, -0.2) is 4.98 Å². The van der Waals surface area contributed by atoms with Crippen molar-refractivity contribution >= 4 is 0 Å². The fraction of sp³-hybridized carbons (Fsp3) is 0.812. The molecule has 1 aromatic heterocycles. The van der Waals surface area contributed by atoms with Gasteiger partial charge in [-0.05, 0) is 44.8 Å². The highest BCUT2D eigenvalue weighted by Gasteiger charge is 2.33. The highest BCUT2D eigenvalue weighted by atomic mass is 15.1. The van der Waals surface area contributed by atoms with Crippen LogP contribution >= 0.6 is 0 Å². The maximum Gasteiger partial charge on any atom is 0.0948 e. The van der Waals surface area contributed by atoms with E-state index in [2.05, 4.69) is 39.8 Å². The summed E-state index contributed by atoms with van der Waals surface area (Å²) in [6.07, 6.45) is 8.09. The minimum Gasteiger partial charge on any atom is -0.334 e. The molecule has 2 fully saturated rings. The zero-order valence-electron chi connectivity index (χ0n) is 12.9. The average Bonchev–Trinajstić information content (AvgIpc) is 3.11. The van der Waals surface area contributed by atoms with E-state index in [1.54, 1.807) is 0 Å². The Kier molecular flexibility index (Phi) is 4.13. The summed E-state index contributed by atoms with van der Waals surface area (Å²) in [5, 5.41) is 3.49. The van der Waals surface area contributed by atoms with Gasteiger partial charge in [0.05, 0.1) is 6.33 Å². The van der Waals surface area contributed by atoms with Crippen LogP contribution in [0.15, 0.2) is 12.5 Å².